The van der Waals surface area contributed by atoms with Gasteiger partial charge in [-0.1, -0.05) is 11.6 Å². The van der Waals surface area contributed by atoms with E-state index in [9.17, 15) is 0 Å². The highest BCUT2D eigenvalue weighted by atomic mass is 35.5. The highest BCUT2D eigenvalue weighted by molar-refractivity contribution is 6.30. The Kier molecular flexibility index (Phi) is 3.56. The summed E-state index contributed by atoms with van der Waals surface area (Å²) in [6.45, 7) is 7.19. The Morgan fingerprint density at radius 1 is 1.50 bits per heavy atom. The molecule has 0 fully saturated rings. The molecule has 0 aliphatic heterocycles. The Balaban J connectivity index is 2.86. The molecule has 0 radical (unpaired) electrons. The fourth-order valence-electron chi connectivity index (χ4n) is 1.29. The topological polar surface area (TPSA) is 21.1 Å². The molecule has 14 heavy (non-hydrogen) atoms. The van der Waals surface area contributed by atoms with E-state index in [4.69, 9.17) is 11.6 Å². The van der Waals surface area contributed by atoms with Gasteiger partial charge < -0.3 is 0 Å². The number of aryl methyl sites for hydroxylation is 2. The second-order valence-corrected chi connectivity index (χ2v) is 4.35. The van der Waals surface area contributed by atoms with E-state index in [2.05, 4.69) is 30.9 Å². The van der Waals surface area contributed by atoms with Crippen molar-refractivity contribution in [1.82, 2.24) is 14.7 Å². The zero-order chi connectivity index (χ0) is 10.9. The van der Waals surface area contributed by atoms with Crippen LogP contribution in [0, 0.1) is 6.92 Å². The summed E-state index contributed by atoms with van der Waals surface area (Å²) < 4.78 is 1.72. The van der Waals surface area contributed by atoms with Gasteiger partial charge in [0.15, 0.2) is 0 Å². The zero-order valence-corrected chi connectivity index (χ0v) is 10.3. The molecular weight excluding hydrogens is 198 g/mol. The van der Waals surface area contributed by atoms with Crippen molar-refractivity contribution in [2.24, 2.45) is 7.05 Å². The quantitative estimate of drug-likeness (QED) is 0.771. The molecule has 0 N–H and O–H groups in total. The van der Waals surface area contributed by atoms with Crippen LogP contribution in [0.15, 0.2) is 0 Å². The normalized spacial score (nSPS) is 11.7. The number of hydrogen-bond donors (Lipinski definition) is 0. The smallest absolute Gasteiger partial charge is 0.131 e. The minimum atomic E-state index is 0.519. The minimum Gasteiger partial charge on any atom is -0.300 e. The van der Waals surface area contributed by atoms with Crippen molar-refractivity contribution in [1.29, 1.82) is 0 Å². The molecule has 0 saturated heterocycles. The van der Waals surface area contributed by atoms with Crippen LogP contribution in [0.2, 0.25) is 5.15 Å². The molecule has 0 unspecified atom stereocenters. The van der Waals surface area contributed by atoms with Crippen LogP contribution in [0.4, 0.5) is 0 Å². The number of nitrogens with zero attached hydrogens (tertiary/aromatic N) is 3. The van der Waals surface area contributed by atoms with Crippen LogP contribution < -0.4 is 0 Å². The van der Waals surface area contributed by atoms with Crippen LogP contribution >= 0.6 is 11.6 Å². The molecule has 0 spiro atoms. The number of aromatic nitrogens is 2. The SMILES string of the molecule is Cc1nn(C)c(Cl)c1CN(C)C(C)C. The van der Waals surface area contributed by atoms with Gasteiger partial charge in [0.2, 0.25) is 0 Å². The fraction of sp³-hybridized carbons (Fsp3) is 0.700. The largest absolute Gasteiger partial charge is 0.300 e. The molecule has 4 heteroatoms. The lowest BCUT2D eigenvalue weighted by atomic mass is 10.2. The predicted octanol–water partition coefficient (Wildman–Crippen LogP) is 2.22. The van der Waals surface area contributed by atoms with Gasteiger partial charge >= 0.3 is 0 Å². The van der Waals surface area contributed by atoms with Gasteiger partial charge in [-0.15, -0.1) is 0 Å². The third-order valence-corrected chi connectivity index (χ3v) is 3.03. The molecule has 1 rings (SSSR count). The van der Waals surface area contributed by atoms with Crippen molar-refractivity contribution in [3.05, 3.63) is 16.4 Å². The average Bonchev–Trinajstić information content (AvgIpc) is 2.32. The van der Waals surface area contributed by atoms with Gasteiger partial charge in [0.25, 0.3) is 0 Å². The molecule has 80 valence electrons. The van der Waals surface area contributed by atoms with Crippen molar-refractivity contribution >= 4 is 11.6 Å². The van der Waals surface area contributed by atoms with Gasteiger partial charge in [0.05, 0.1) is 5.69 Å². The van der Waals surface area contributed by atoms with E-state index in [1.807, 2.05) is 14.0 Å². The molecule has 3 nitrogen and oxygen atoms in total. The van der Waals surface area contributed by atoms with Gasteiger partial charge in [0, 0.05) is 25.2 Å². The van der Waals surface area contributed by atoms with Crippen molar-refractivity contribution in [3.63, 3.8) is 0 Å². The molecule has 0 aliphatic rings. The first kappa shape index (κ1) is 11.5. The molecular formula is C10H18ClN3. The van der Waals surface area contributed by atoms with E-state index in [1.54, 1.807) is 4.68 Å². The molecule has 0 saturated carbocycles. The first-order valence-corrected chi connectivity index (χ1v) is 5.19. The Bertz CT molecular complexity index is 317. The molecule has 0 atom stereocenters. The second kappa shape index (κ2) is 4.32. The van der Waals surface area contributed by atoms with E-state index in [0.717, 1.165) is 23.0 Å². The van der Waals surface area contributed by atoms with E-state index < -0.39 is 0 Å². The third-order valence-electron chi connectivity index (χ3n) is 2.56. The van der Waals surface area contributed by atoms with Gasteiger partial charge in [-0.3, -0.25) is 9.58 Å². The Labute approximate surface area is 90.7 Å². The Morgan fingerprint density at radius 3 is 2.43 bits per heavy atom. The van der Waals surface area contributed by atoms with Gasteiger partial charge in [-0.05, 0) is 27.8 Å². The highest BCUT2D eigenvalue weighted by Crippen LogP contribution is 2.20. The van der Waals surface area contributed by atoms with Gasteiger partial charge in [-0.25, -0.2) is 0 Å². The summed E-state index contributed by atoms with van der Waals surface area (Å²) in [7, 11) is 3.96. The Morgan fingerprint density at radius 2 is 2.07 bits per heavy atom. The average molecular weight is 216 g/mol. The van der Waals surface area contributed by atoms with Crippen LogP contribution in [-0.2, 0) is 13.6 Å². The van der Waals surface area contributed by atoms with Crippen LogP contribution in [-0.4, -0.2) is 27.8 Å². The van der Waals surface area contributed by atoms with Crippen molar-refractivity contribution < 1.29 is 0 Å². The zero-order valence-electron chi connectivity index (χ0n) is 9.50. The maximum absolute atomic E-state index is 6.14. The monoisotopic (exact) mass is 215 g/mol. The standard InChI is InChI=1S/C10H18ClN3/c1-7(2)13(4)6-9-8(3)12-14(5)10(9)11/h7H,6H2,1-5H3. The first-order valence-electron chi connectivity index (χ1n) is 4.81. The number of hydrogen-bond acceptors (Lipinski definition) is 2. The molecule has 1 aromatic rings. The molecule has 1 aromatic heterocycles. The maximum atomic E-state index is 6.14. The summed E-state index contributed by atoms with van der Waals surface area (Å²) in [5.74, 6) is 0. The summed E-state index contributed by atoms with van der Waals surface area (Å²) in [5, 5.41) is 5.03. The molecule has 0 bridgehead atoms. The van der Waals surface area contributed by atoms with E-state index in [1.165, 1.54) is 0 Å². The minimum absolute atomic E-state index is 0.519. The lowest BCUT2D eigenvalue weighted by Gasteiger charge is -2.20. The summed E-state index contributed by atoms with van der Waals surface area (Å²) >= 11 is 6.14. The number of halogens is 1. The first-order chi connectivity index (χ1) is 6.43. The molecule has 0 aliphatic carbocycles. The van der Waals surface area contributed by atoms with Crippen LogP contribution in [0.1, 0.15) is 25.1 Å². The third kappa shape index (κ3) is 2.28. The predicted molar refractivity (Wildman–Crippen MR) is 59.6 cm³/mol. The van der Waals surface area contributed by atoms with Crippen molar-refractivity contribution in [3.8, 4) is 0 Å². The summed E-state index contributed by atoms with van der Waals surface area (Å²) in [5.41, 5.74) is 2.15. The van der Waals surface area contributed by atoms with Crippen molar-refractivity contribution in [2.45, 2.75) is 33.4 Å². The Hall–Kier alpha value is -0.540. The lowest BCUT2D eigenvalue weighted by Crippen LogP contribution is -2.25. The second-order valence-electron chi connectivity index (χ2n) is 3.99. The van der Waals surface area contributed by atoms with Gasteiger partial charge in [-0.2, -0.15) is 5.10 Å². The summed E-state index contributed by atoms with van der Waals surface area (Å²) in [6, 6.07) is 0.519. The van der Waals surface area contributed by atoms with Crippen LogP contribution in [0.25, 0.3) is 0 Å². The fourth-order valence-corrected chi connectivity index (χ4v) is 1.52. The molecule has 1 heterocycles. The van der Waals surface area contributed by atoms with Crippen LogP contribution in [0.3, 0.4) is 0 Å². The maximum Gasteiger partial charge on any atom is 0.131 e. The summed E-state index contributed by atoms with van der Waals surface area (Å²) in [6.07, 6.45) is 0. The van der Waals surface area contributed by atoms with E-state index in [0.29, 0.717) is 6.04 Å². The summed E-state index contributed by atoms with van der Waals surface area (Å²) in [4.78, 5) is 2.25. The van der Waals surface area contributed by atoms with Crippen LogP contribution in [0.5, 0.6) is 0 Å². The van der Waals surface area contributed by atoms with Gasteiger partial charge in [0.1, 0.15) is 5.15 Å². The highest BCUT2D eigenvalue weighted by Gasteiger charge is 2.14. The number of rotatable bonds is 3. The van der Waals surface area contributed by atoms with E-state index in [-0.39, 0.29) is 0 Å². The molecule has 0 amide bonds. The lowest BCUT2D eigenvalue weighted by molar-refractivity contribution is 0.265. The molecule has 0 aromatic carbocycles. The van der Waals surface area contributed by atoms with Crippen molar-refractivity contribution in [2.75, 3.05) is 7.05 Å². The van der Waals surface area contributed by atoms with E-state index >= 15 is 0 Å².